The lowest BCUT2D eigenvalue weighted by atomic mass is 10.1. The molecular formula is C23H21N7O2. The second kappa shape index (κ2) is 8.10. The van der Waals surface area contributed by atoms with Crippen LogP contribution in [0.4, 0.5) is 5.82 Å². The number of carbonyl (C=O) groups excluding carboxylic acids is 1. The van der Waals surface area contributed by atoms with E-state index in [2.05, 4.69) is 21.5 Å². The maximum Gasteiger partial charge on any atom is 0.246 e. The number of pyridine rings is 1. The van der Waals surface area contributed by atoms with Crippen LogP contribution >= 0.6 is 0 Å². The van der Waals surface area contributed by atoms with E-state index in [1.54, 1.807) is 17.2 Å². The Balaban J connectivity index is 1.49. The summed E-state index contributed by atoms with van der Waals surface area (Å²) >= 11 is 0. The van der Waals surface area contributed by atoms with E-state index in [1.165, 1.54) is 12.4 Å². The molecule has 0 spiro atoms. The zero-order valence-corrected chi connectivity index (χ0v) is 17.3. The highest BCUT2D eigenvalue weighted by atomic mass is 16.5. The van der Waals surface area contributed by atoms with Gasteiger partial charge in [0, 0.05) is 30.9 Å². The van der Waals surface area contributed by atoms with E-state index in [4.69, 9.17) is 15.6 Å². The van der Waals surface area contributed by atoms with Crippen molar-refractivity contribution in [3.8, 4) is 22.9 Å². The molecule has 1 aromatic carbocycles. The third kappa shape index (κ3) is 3.53. The first-order valence-electron chi connectivity index (χ1n) is 10.2. The van der Waals surface area contributed by atoms with Crippen LogP contribution in [0.1, 0.15) is 12.5 Å². The van der Waals surface area contributed by atoms with Crippen molar-refractivity contribution in [3.05, 3.63) is 67.6 Å². The van der Waals surface area contributed by atoms with Crippen LogP contribution in [0.3, 0.4) is 0 Å². The predicted molar refractivity (Wildman–Crippen MR) is 120 cm³/mol. The Morgan fingerprint density at radius 2 is 2.00 bits per heavy atom. The zero-order chi connectivity index (χ0) is 22.1. The van der Waals surface area contributed by atoms with Gasteiger partial charge in [-0.3, -0.25) is 4.79 Å². The molecule has 0 radical (unpaired) electrons. The number of para-hydroxylation sites is 1. The van der Waals surface area contributed by atoms with Crippen LogP contribution in [0, 0.1) is 0 Å². The van der Waals surface area contributed by atoms with Gasteiger partial charge in [0.2, 0.25) is 11.8 Å². The highest BCUT2D eigenvalue weighted by molar-refractivity contribution is 5.98. The summed E-state index contributed by atoms with van der Waals surface area (Å²) in [5, 5.41) is 5.49. The monoisotopic (exact) mass is 427 g/mol. The highest BCUT2D eigenvalue weighted by Crippen LogP contribution is 2.34. The molecule has 4 heterocycles. The number of benzene rings is 1. The van der Waals surface area contributed by atoms with Crippen LogP contribution in [0.2, 0.25) is 0 Å². The van der Waals surface area contributed by atoms with Crippen molar-refractivity contribution in [2.75, 3.05) is 18.8 Å². The minimum absolute atomic E-state index is 0.0157. The fourth-order valence-corrected chi connectivity index (χ4v) is 3.91. The fraction of sp³-hybridized carbons (Fsp3) is 0.174. The number of hydrogen-bond acceptors (Lipinski definition) is 7. The Labute approximate surface area is 184 Å². The van der Waals surface area contributed by atoms with E-state index < -0.39 is 0 Å². The van der Waals surface area contributed by atoms with E-state index >= 15 is 0 Å². The largest absolute Gasteiger partial charge is 0.439 e. The van der Waals surface area contributed by atoms with Gasteiger partial charge in [-0.15, -0.1) is 0 Å². The van der Waals surface area contributed by atoms with Crippen LogP contribution in [-0.2, 0) is 4.79 Å². The molecule has 0 saturated carbocycles. The summed E-state index contributed by atoms with van der Waals surface area (Å²) in [6, 6.07) is 13.1. The van der Waals surface area contributed by atoms with E-state index in [1.807, 2.05) is 41.1 Å². The lowest BCUT2D eigenvalue weighted by Gasteiger charge is -2.14. The average molecular weight is 427 g/mol. The smallest absolute Gasteiger partial charge is 0.246 e. The molecular weight excluding hydrogens is 406 g/mol. The number of likely N-dealkylation sites (tertiary alicyclic amines) is 1. The second-order valence-electron chi connectivity index (χ2n) is 7.48. The molecule has 0 unspecified atom stereocenters. The topological polar surface area (TPSA) is 112 Å². The number of nitrogens with zero attached hydrogens (tertiary/aromatic N) is 6. The number of rotatable bonds is 5. The maximum atomic E-state index is 12.0. The van der Waals surface area contributed by atoms with E-state index in [0.29, 0.717) is 47.3 Å². The van der Waals surface area contributed by atoms with Crippen LogP contribution in [-0.4, -0.2) is 48.6 Å². The van der Waals surface area contributed by atoms with Crippen molar-refractivity contribution in [2.45, 2.75) is 12.5 Å². The number of carbonyl (C=O) groups is 1. The summed E-state index contributed by atoms with van der Waals surface area (Å²) in [4.78, 5) is 26.8. The van der Waals surface area contributed by atoms with Gasteiger partial charge in [0.1, 0.15) is 23.6 Å². The Bertz CT molecular complexity index is 1290. The first kappa shape index (κ1) is 19.7. The summed E-state index contributed by atoms with van der Waals surface area (Å²) in [5.41, 5.74) is 8.26. The van der Waals surface area contributed by atoms with Crippen molar-refractivity contribution in [2.24, 2.45) is 0 Å². The molecule has 0 bridgehead atoms. The molecule has 1 aliphatic rings. The maximum absolute atomic E-state index is 12.0. The van der Waals surface area contributed by atoms with Gasteiger partial charge in [0.15, 0.2) is 5.65 Å². The zero-order valence-electron chi connectivity index (χ0n) is 17.3. The van der Waals surface area contributed by atoms with Gasteiger partial charge in [-0.2, -0.15) is 5.10 Å². The number of hydrogen-bond donors (Lipinski definition) is 1. The van der Waals surface area contributed by atoms with Crippen molar-refractivity contribution < 1.29 is 9.53 Å². The summed E-state index contributed by atoms with van der Waals surface area (Å²) in [6.45, 7) is 4.75. The molecule has 9 nitrogen and oxygen atoms in total. The van der Waals surface area contributed by atoms with E-state index in [0.717, 1.165) is 12.0 Å². The van der Waals surface area contributed by atoms with E-state index in [9.17, 15) is 4.79 Å². The second-order valence-corrected chi connectivity index (χ2v) is 7.48. The molecule has 1 aliphatic heterocycles. The van der Waals surface area contributed by atoms with Gasteiger partial charge < -0.3 is 15.4 Å². The molecule has 9 heteroatoms. The normalized spacial score (nSPS) is 15.8. The minimum atomic E-state index is -0.0865. The molecule has 5 rings (SSSR count). The van der Waals surface area contributed by atoms with Crippen LogP contribution in [0.15, 0.2) is 67.6 Å². The molecule has 32 heavy (non-hydrogen) atoms. The summed E-state index contributed by atoms with van der Waals surface area (Å²) in [6.07, 6.45) is 5.22. The summed E-state index contributed by atoms with van der Waals surface area (Å²) < 4.78 is 7.62. The SMILES string of the molecule is C=CC(=O)N1CC[C@@H](n2nc(-c3ccc(Oc4ccccc4)nc3)c3c(N)ncnc32)C1. The van der Waals surface area contributed by atoms with Crippen molar-refractivity contribution in [1.29, 1.82) is 0 Å². The van der Waals surface area contributed by atoms with Crippen LogP contribution in [0.5, 0.6) is 11.6 Å². The van der Waals surface area contributed by atoms with Crippen molar-refractivity contribution >= 4 is 22.8 Å². The van der Waals surface area contributed by atoms with E-state index in [-0.39, 0.29) is 11.9 Å². The Hall–Kier alpha value is -4.27. The number of aromatic nitrogens is 5. The summed E-state index contributed by atoms with van der Waals surface area (Å²) in [5.74, 6) is 1.44. The first-order chi connectivity index (χ1) is 15.6. The molecule has 3 aromatic heterocycles. The Kier molecular flexibility index (Phi) is 4.98. The minimum Gasteiger partial charge on any atom is -0.439 e. The number of nitrogen functional groups attached to an aromatic ring is 1. The van der Waals surface area contributed by atoms with Gasteiger partial charge in [-0.1, -0.05) is 24.8 Å². The molecule has 1 saturated heterocycles. The fourth-order valence-electron chi connectivity index (χ4n) is 3.91. The van der Waals surface area contributed by atoms with Gasteiger partial charge in [0.25, 0.3) is 0 Å². The van der Waals surface area contributed by atoms with Gasteiger partial charge >= 0.3 is 0 Å². The van der Waals surface area contributed by atoms with Crippen LogP contribution in [0.25, 0.3) is 22.3 Å². The van der Waals surface area contributed by atoms with Gasteiger partial charge in [-0.25, -0.2) is 19.6 Å². The predicted octanol–water partition coefficient (Wildman–Crippen LogP) is 3.22. The quantitative estimate of drug-likeness (QED) is 0.487. The van der Waals surface area contributed by atoms with Crippen molar-refractivity contribution in [3.63, 3.8) is 0 Å². The highest BCUT2D eigenvalue weighted by Gasteiger charge is 2.30. The molecule has 1 amide bonds. The van der Waals surface area contributed by atoms with Gasteiger partial charge in [0.05, 0.1) is 11.4 Å². The molecule has 1 atom stereocenters. The lowest BCUT2D eigenvalue weighted by Crippen LogP contribution is -2.27. The lowest BCUT2D eigenvalue weighted by molar-refractivity contribution is -0.125. The van der Waals surface area contributed by atoms with Gasteiger partial charge in [-0.05, 0) is 30.7 Å². The number of nitrogens with two attached hydrogens (primary N) is 1. The number of amides is 1. The standard InChI is InChI=1S/C23H21N7O2/c1-2-19(31)29-11-10-16(13-29)30-23-20(22(24)26-14-27-23)21(28-30)15-8-9-18(25-12-15)32-17-6-4-3-5-7-17/h2-9,12,14,16H,1,10-11,13H2,(H2,24,26,27)/t16-/m1/s1. The Morgan fingerprint density at radius 1 is 1.16 bits per heavy atom. The Morgan fingerprint density at radius 3 is 2.75 bits per heavy atom. The number of anilines is 1. The average Bonchev–Trinajstić information content (AvgIpc) is 3.46. The van der Waals surface area contributed by atoms with Crippen molar-refractivity contribution in [1.82, 2.24) is 29.6 Å². The third-order valence-corrected chi connectivity index (χ3v) is 5.49. The summed E-state index contributed by atoms with van der Waals surface area (Å²) in [7, 11) is 0. The number of ether oxygens (including phenoxy) is 1. The molecule has 160 valence electrons. The molecule has 4 aromatic rings. The van der Waals surface area contributed by atoms with Crippen LogP contribution < -0.4 is 10.5 Å². The number of fused-ring (bicyclic) bond motifs is 1. The molecule has 0 aliphatic carbocycles. The molecule has 1 fully saturated rings. The third-order valence-electron chi connectivity index (χ3n) is 5.49. The molecule has 2 N–H and O–H groups in total. The first-order valence-corrected chi connectivity index (χ1v) is 10.2.